The maximum atomic E-state index is 6.07. The summed E-state index contributed by atoms with van der Waals surface area (Å²) in [6.07, 6.45) is 2.06. The van der Waals surface area contributed by atoms with Crippen molar-refractivity contribution < 1.29 is 9.47 Å². The molecule has 0 aliphatic carbocycles. The van der Waals surface area contributed by atoms with Gasteiger partial charge in [0.25, 0.3) is 0 Å². The Labute approximate surface area is 97.6 Å². The van der Waals surface area contributed by atoms with Crippen molar-refractivity contribution >= 4 is 0 Å². The number of benzene rings is 1. The van der Waals surface area contributed by atoms with Crippen molar-refractivity contribution in [1.82, 2.24) is 0 Å². The van der Waals surface area contributed by atoms with Crippen LogP contribution in [0, 0.1) is 0 Å². The minimum Gasteiger partial charge on any atom is -0.493 e. The SMILES string of the molecule is CCC[C@@H](N)c1ccc(OC)c(OCC)c1. The van der Waals surface area contributed by atoms with Crippen LogP contribution in [0.4, 0.5) is 0 Å². The number of methoxy groups -OCH3 is 1. The second-order valence-electron chi connectivity index (χ2n) is 3.74. The van der Waals surface area contributed by atoms with E-state index in [1.807, 2.05) is 25.1 Å². The maximum Gasteiger partial charge on any atom is 0.161 e. The largest absolute Gasteiger partial charge is 0.493 e. The third-order valence-electron chi connectivity index (χ3n) is 2.52. The minimum atomic E-state index is 0.0788. The summed E-state index contributed by atoms with van der Waals surface area (Å²) >= 11 is 0. The topological polar surface area (TPSA) is 44.5 Å². The molecule has 1 aromatic carbocycles. The Morgan fingerprint density at radius 1 is 1.25 bits per heavy atom. The zero-order valence-corrected chi connectivity index (χ0v) is 10.3. The van der Waals surface area contributed by atoms with Crippen LogP contribution >= 0.6 is 0 Å². The summed E-state index contributed by atoms with van der Waals surface area (Å²) in [6.45, 7) is 4.72. The molecule has 1 aromatic rings. The molecule has 1 rings (SSSR count). The summed E-state index contributed by atoms with van der Waals surface area (Å²) in [4.78, 5) is 0. The Kier molecular flexibility index (Phi) is 5.12. The van der Waals surface area contributed by atoms with Gasteiger partial charge in [0, 0.05) is 6.04 Å². The van der Waals surface area contributed by atoms with Gasteiger partial charge < -0.3 is 15.2 Å². The highest BCUT2D eigenvalue weighted by atomic mass is 16.5. The molecular formula is C13H21NO2. The van der Waals surface area contributed by atoms with E-state index >= 15 is 0 Å². The Balaban J connectivity index is 2.91. The highest BCUT2D eigenvalue weighted by Crippen LogP contribution is 2.30. The van der Waals surface area contributed by atoms with E-state index in [0.717, 1.165) is 29.9 Å². The lowest BCUT2D eigenvalue weighted by molar-refractivity contribution is 0.310. The molecule has 2 N–H and O–H groups in total. The lowest BCUT2D eigenvalue weighted by Gasteiger charge is -2.15. The van der Waals surface area contributed by atoms with Crippen LogP contribution in [0.3, 0.4) is 0 Å². The Hall–Kier alpha value is -1.22. The van der Waals surface area contributed by atoms with Crippen LogP contribution in [0.1, 0.15) is 38.3 Å². The fourth-order valence-corrected chi connectivity index (χ4v) is 1.67. The van der Waals surface area contributed by atoms with Gasteiger partial charge in [-0.15, -0.1) is 0 Å². The lowest BCUT2D eigenvalue weighted by atomic mass is 10.0. The van der Waals surface area contributed by atoms with Crippen LogP contribution in [-0.4, -0.2) is 13.7 Å². The van der Waals surface area contributed by atoms with E-state index in [0.29, 0.717) is 6.61 Å². The van der Waals surface area contributed by atoms with Gasteiger partial charge in [0.15, 0.2) is 11.5 Å². The molecule has 0 unspecified atom stereocenters. The van der Waals surface area contributed by atoms with Crippen LogP contribution in [0.5, 0.6) is 11.5 Å². The maximum absolute atomic E-state index is 6.07. The van der Waals surface area contributed by atoms with Crippen molar-refractivity contribution in [3.63, 3.8) is 0 Å². The molecule has 0 fully saturated rings. The van der Waals surface area contributed by atoms with Crippen molar-refractivity contribution in [1.29, 1.82) is 0 Å². The smallest absolute Gasteiger partial charge is 0.161 e. The summed E-state index contributed by atoms with van der Waals surface area (Å²) < 4.78 is 10.7. The molecule has 0 radical (unpaired) electrons. The fourth-order valence-electron chi connectivity index (χ4n) is 1.67. The third-order valence-corrected chi connectivity index (χ3v) is 2.52. The molecule has 0 aromatic heterocycles. The van der Waals surface area contributed by atoms with Crippen LogP contribution in [-0.2, 0) is 0 Å². The predicted octanol–water partition coefficient (Wildman–Crippen LogP) is 2.89. The summed E-state index contributed by atoms with van der Waals surface area (Å²) in [6, 6.07) is 5.97. The highest BCUT2D eigenvalue weighted by molar-refractivity contribution is 5.43. The van der Waals surface area contributed by atoms with Crippen molar-refractivity contribution in [2.45, 2.75) is 32.7 Å². The van der Waals surface area contributed by atoms with Gasteiger partial charge in [-0.25, -0.2) is 0 Å². The first-order valence-corrected chi connectivity index (χ1v) is 5.79. The molecule has 90 valence electrons. The zero-order valence-electron chi connectivity index (χ0n) is 10.3. The van der Waals surface area contributed by atoms with E-state index in [2.05, 4.69) is 6.92 Å². The Morgan fingerprint density at radius 2 is 2.00 bits per heavy atom. The first-order valence-electron chi connectivity index (χ1n) is 5.79. The highest BCUT2D eigenvalue weighted by Gasteiger charge is 2.09. The molecule has 0 saturated heterocycles. The Morgan fingerprint density at radius 3 is 2.56 bits per heavy atom. The quantitative estimate of drug-likeness (QED) is 0.806. The van der Waals surface area contributed by atoms with E-state index < -0.39 is 0 Å². The molecule has 0 saturated carbocycles. The van der Waals surface area contributed by atoms with Gasteiger partial charge in [0.1, 0.15) is 0 Å². The molecule has 0 heterocycles. The molecule has 0 aliphatic heterocycles. The second-order valence-corrected chi connectivity index (χ2v) is 3.74. The predicted molar refractivity (Wildman–Crippen MR) is 66.0 cm³/mol. The average Bonchev–Trinajstić information content (AvgIpc) is 2.29. The van der Waals surface area contributed by atoms with Crippen LogP contribution in [0.25, 0.3) is 0 Å². The summed E-state index contributed by atoms with van der Waals surface area (Å²) in [5.41, 5.74) is 7.17. The molecule has 3 nitrogen and oxygen atoms in total. The van der Waals surface area contributed by atoms with Gasteiger partial charge in [0.2, 0.25) is 0 Å². The van der Waals surface area contributed by atoms with E-state index in [1.165, 1.54) is 0 Å². The standard InChI is InChI=1S/C13H21NO2/c1-4-6-11(14)10-7-8-12(15-3)13(9-10)16-5-2/h7-9,11H,4-6,14H2,1-3H3/t11-/m1/s1. The van der Waals surface area contributed by atoms with Crippen molar-refractivity contribution in [3.05, 3.63) is 23.8 Å². The van der Waals surface area contributed by atoms with Crippen molar-refractivity contribution in [2.24, 2.45) is 5.73 Å². The molecule has 0 aliphatic rings. The molecule has 3 heteroatoms. The lowest BCUT2D eigenvalue weighted by Crippen LogP contribution is -2.10. The van der Waals surface area contributed by atoms with Gasteiger partial charge >= 0.3 is 0 Å². The molecular weight excluding hydrogens is 202 g/mol. The van der Waals surface area contributed by atoms with Crippen molar-refractivity contribution in [3.8, 4) is 11.5 Å². The van der Waals surface area contributed by atoms with Gasteiger partial charge in [-0.05, 0) is 31.0 Å². The number of hydrogen-bond acceptors (Lipinski definition) is 3. The summed E-state index contributed by atoms with van der Waals surface area (Å²) in [5, 5.41) is 0. The van der Waals surface area contributed by atoms with Crippen LogP contribution in [0.15, 0.2) is 18.2 Å². The van der Waals surface area contributed by atoms with Gasteiger partial charge in [-0.3, -0.25) is 0 Å². The van der Waals surface area contributed by atoms with E-state index in [4.69, 9.17) is 15.2 Å². The molecule has 0 amide bonds. The number of hydrogen-bond donors (Lipinski definition) is 1. The average molecular weight is 223 g/mol. The molecule has 0 spiro atoms. The Bertz CT molecular complexity index is 326. The minimum absolute atomic E-state index is 0.0788. The third kappa shape index (κ3) is 3.14. The summed E-state index contributed by atoms with van der Waals surface area (Å²) in [5.74, 6) is 1.53. The van der Waals surface area contributed by atoms with Gasteiger partial charge in [0.05, 0.1) is 13.7 Å². The normalized spacial score (nSPS) is 12.2. The first kappa shape index (κ1) is 12.8. The number of ether oxygens (including phenoxy) is 2. The van der Waals surface area contributed by atoms with Crippen LogP contribution in [0.2, 0.25) is 0 Å². The molecule has 0 bridgehead atoms. The fraction of sp³-hybridized carbons (Fsp3) is 0.538. The van der Waals surface area contributed by atoms with Crippen molar-refractivity contribution in [2.75, 3.05) is 13.7 Å². The first-order chi connectivity index (χ1) is 7.72. The van der Waals surface area contributed by atoms with Crippen LogP contribution < -0.4 is 15.2 Å². The van der Waals surface area contributed by atoms with Gasteiger partial charge in [-0.1, -0.05) is 19.4 Å². The number of rotatable bonds is 6. The van der Waals surface area contributed by atoms with E-state index in [1.54, 1.807) is 7.11 Å². The number of nitrogens with two attached hydrogens (primary N) is 1. The van der Waals surface area contributed by atoms with E-state index in [9.17, 15) is 0 Å². The monoisotopic (exact) mass is 223 g/mol. The zero-order chi connectivity index (χ0) is 12.0. The molecule has 1 atom stereocenters. The second kappa shape index (κ2) is 6.38. The molecule has 16 heavy (non-hydrogen) atoms. The summed E-state index contributed by atoms with van der Waals surface area (Å²) in [7, 11) is 1.64. The van der Waals surface area contributed by atoms with Gasteiger partial charge in [-0.2, -0.15) is 0 Å². The van der Waals surface area contributed by atoms with E-state index in [-0.39, 0.29) is 6.04 Å².